The molecule has 12 heteroatoms. The van der Waals surface area contributed by atoms with Crippen molar-refractivity contribution in [2.45, 2.75) is 37.6 Å². The number of amides is 2. The lowest BCUT2D eigenvalue weighted by atomic mass is 9.89. The van der Waals surface area contributed by atoms with E-state index in [0.29, 0.717) is 18.7 Å². The van der Waals surface area contributed by atoms with Crippen LogP contribution in [0.5, 0.6) is 0 Å². The van der Waals surface area contributed by atoms with Crippen LogP contribution in [0.2, 0.25) is 0 Å². The highest BCUT2D eigenvalue weighted by Gasteiger charge is 2.39. The second-order valence-electron chi connectivity index (χ2n) is 8.96. The summed E-state index contributed by atoms with van der Waals surface area (Å²) in [5.74, 6) is -1.32. The van der Waals surface area contributed by atoms with Crippen LogP contribution in [-0.4, -0.2) is 45.2 Å². The predicted molar refractivity (Wildman–Crippen MR) is 129 cm³/mol. The number of nitrogens with one attached hydrogen (secondary N) is 2. The first-order chi connectivity index (χ1) is 16.8. The van der Waals surface area contributed by atoms with E-state index >= 15 is 0 Å². The van der Waals surface area contributed by atoms with Crippen LogP contribution in [0, 0.1) is 11.6 Å². The number of thiazole rings is 1. The lowest BCUT2D eigenvalue weighted by Crippen LogP contribution is -2.42. The number of hydrogen-bond acceptors (Lipinski definition) is 7. The number of nitrogens with zero attached hydrogens (tertiary/aromatic N) is 4. The molecule has 2 aliphatic heterocycles. The number of hydrogen-bond donors (Lipinski definition) is 3. The van der Waals surface area contributed by atoms with Gasteiger partial charge >= 0.3 is 0 Å². The van der Waals surface area contributed by atoms with Gasteiger partial charge in [0, 0.05) is 32.1 Å². The Morgan fingerprint density at radius 2 is 2.00 bits per heavy atom. The van der Waals surface area contributed by atoms with E-state index in [1.54, 1.807) is 17.9 Å². The molecule has 3 aromatic rings. The van der Waals surface area contributed by atoms with Crippen LogP contribution >= 0.6 is 11.3 Å². The molecule has 0 radical (unpaired) electrons. The normalized spacial score (nSPS) is 20.2. The summed E-state index contributed by atoms with van der Waals surface area (Å²) >= 11 is 0.846. The number of benzene rings is 1. The maximum atomic E-state index is 14.2. The molecule has 35 heavy (non-hydrogen) atoms. The Bertz CT molecular complexity index is 1290. The molecule has 9 nitrogen and oxygen atoms in total. The van der Waals surface area contributed by atoms with Crippen molar-refractivity contribution >= 4 is 39.7 Å². The molecule has 1 atom stereocenters. The van der Waals surface area contributed by atoms with Gasteiger partial charge in [0.2, 0.25) is 5.91 Å². The number of nitrogens with two attached hydrogens (primary N) is 1. The molecular weight excluding hydrogens is 476 g/mol. The van der Waals surface area contributed by atoms with Gasteiger partial charge in [-0.15, -0.1) is 0 Å². The number of carbonyl (C=O) groups excluding carboxylic acids is 2. The molecule has 4 N–H and O–H groups in total. The Morgan fingerprint density at radius 3 is 2.71 bits per heavy atom. The molecule has 2 aliphatic rings. The van der Waals surface area contributed by atoms with E-state index in [4.69, 9.17) is 5.73 Å². The summed E-state index contributed by atoms with van der Waals surface area (Å²) in [4.78, 5) is 31.2. The average Bonchev–Trinajstić information content (AvgIpc) is 3.43. The first kappa shape index (κ1) is 23.2. The third-order valence-electron chi connectivity index (χ3n) is 6.68. The van der Waals surface area contributed by atoms with Crippen molar-refractivity contribution in [2.24, 2.45) is 7.05 Å². The molecule has 2 aromatic heterocycles. The Labute approximate surface area is 204 Å². The van der Waals surface area contributed by atoms with E-state index in [9.17, 15) is 18.4 Å². The minimum Gasteiger partial charge on any atom is -0.389 e. The van der Waals surface area contributed by atoms with Crippen LogP contribution in [0.25, 0.3) is 10.6 Å². The van der Waals surface area contributed by atoms with Crippen molar-refractivity contribution in [1.82, 2.24) is 20.1 Å². The quantitative estimate of drug-likeness (QED) is 0.505. The Morgan fingerprint density at radius 1 is 1.23 bits per heavy atom. The zero-order valence-electron chi connectivity index (χ0n) is 19.1. The molecule has 4 heterocycles. The fourth-order valence-electron chi connectivity index (χ4n) is 4.93. The number of halogens is 2. The topological polar surface area (TPSA) is 118 Å². The molecule has 2 saturated heterocycles. The third kappa shape index (κ3) is 4.33. The molecule has 184 valence electrons. The highest BCUT2D eigenvalue weighted by molar-refractivity contribution is 7.19. The fraction of sp³-hybridized carbons (Fsp3) is 0.391. The van der Waals surface area contributed by atoms with Gasteiger partial charge in [-0.3, -0.25) is 14.3 Å². The minimum atomic E-state index is -0.780. The lowest BCUT2D eigenvalue weighted by molar-refractivity contribution is -0.119. The highest BCUT2D eigenvalue weighted by Crippen LogP contribution is 2.36. The van der Waals surface area contributed by atoms with Gasteiger partial charge in [0.15, 0.2) is 11.5 Å². The second-order valence-corrected chi connectivity index (χ2v) is 9.99. The van der Waals surface area contributed by atoms with Crippen LogP contribution in [0.4, 0.5) is 25.3 Å². The van der Waals surface area contributed by atoms with Crippen molar-refractivity contribution in [2.75, 3.05) is 29.0 Å². The summed E-state index contributed by atoms with van der Waals surface area (Å²) in [6.45, 7) is 1.44. The maximum absolute atomic E-state index is 14.2. The molecule has 5 rings (SSSR count). The summed E-state index contributed by atoms with van der Waals surface area (Å²) in [6.07, 6.45) is 5.53. The van der Waals surface area contributed by atoms with Crippen molar-refractivity contribution in [3.8, 4) is 10.6 Å². The molecule has 1 spiro atoms. The highest BCUT2D eigenvalue weighted by atomic mass is 32.1. The van der Waals surface area contributed by atoms with Crippen molar-refractivity contribution in [3.63, 3.8) is 0 Å². The summed E-state index contributed by atoms with van der Waals surface area (Å²) < 4.78 is 30.1. The molecule has 1 unspecified atom stereocenters. The Balaban J connectivity index is 1.36. The molecule has 0 saturated carbocycles. The Hall–Kier alpha value is -3.54. The third-order valence-corrected chi connectivity index (χ3v) is 7.58. The predicted octanol–water partition coefficient (Wildman–Crippen LogP) is 3.30. The van der Waals surface area contributed by atoms with E-state index < -0.39 is 17.5 Å². The number of aromatic nitrogens is 3. The molecule has 2 amide bonds. The van der Waals surface area contributed by atoms with Crippen LogP contribution in [0.1, 0.15) is 42.6 Å². The number of carbonyl (C=O) groups is 2. The summed E-state index contributed by atoms with van der Waals surface area (Å²) in [5, 5.41) is 10.3. The second kappa shape index (κ2) is 8.91. The summed E-state index contributed by atoms with van der Waals surface area (Å²) in [7, 11) is 1.79. The van der Waals surface area contributed by atoms with Crippen LogP contribution in [0.3, 0.4) is 0 Å². The maximum Gasteiger partial charge on any atom is 0.277 e. The first-order valence-corrected chi connectivity index (χ1v) is 12.2. The van der Waals surface area contributed by atoms with E-state index in [2.05, 4.69) is 25.6 Å². The van der Waals surface area contributed by atoms with Crippen LogP contribution in [-0.2, 0) is 11.8 Å². The average molecular weight is 502 g/mol. The number of anilines is 3. The van der Waals surface area contributed by atoms with E-state index in [1.165, 1.54) is 6.07 Å². The lowest BCUT2D eigenvalue weighted by Gasteiger charge is -2.28. The largest absolute Gasteiger partial charge is 0.389 e. The standard InChI is InChI=1S/C23H25F2N7O2S/c1-31-22(32-10-3-7-23(9-11-32)8-6-16(33)30-23)15(12-27-31)28-20(34)18-19(26)35-21(29-18)17-13(24)4-2-5-14(17)25/h2,4-5,12H,3,6-11,26H2,1H3,(H,28,34)(H,30,33). The van der Waals surface area contributed by atoms with E-state index in [0.717, 1.165) is 61.5 Å². The van der Waals surface area contributed by atoms with Gasteiger partial charge in [0.25, 0.3) is 5.91 Å². The van der Waals surface area contributed by atoms with Gasteiger partial charge in [-0.25, -0.2) is 13.8 Å². The van der Waals surface area contributed by atoms with E-state index in [-0.39, 0.29) is 32.7 Å². The van der Waals surface area contributed by atoms with Crippen molar-refractivity contribution < 1.29 is 18.4 Å². The number of rotatable bonds is 4. The van der Waals surface area contributed by atoms with Gasteiger partial charge in [-0.2, -0.15) is 5.10 Å². The zero-order chi connectivity index (χ0) is 24.7. The van der Waals surface area contributed by atoms with Crippen molar-refractivity contribution in [3.05, 3.63) is 41.7 Å². The summed E-state index contributed by atoms with van der Waals surface area (Å²) in [5.41, 5.74) is 5.90. The van der Waals surface area contributed by atoms with Gasteiger partial charge < -0.3 is 21.3 Å². The minimum absolute atomic E-state index is 0.00825. The molecule has 0 aliphatic carbocycles. The van der Waals surface area contributed by atoms with Crippen LogP contribution in [0.15, 0.2) is 24.4 Å². The monoisotopic (exact) mass is 501 g/mol. The smallest absolute Gasteiger partial charge is 0.277 e. The zero-order valence-corrected chi connectivity index (χ0v) is 19.9. The molecule has 0 bridgehead atoms. The van der Waals surface area contributed by atoms with Gasteiger partial charge in [-0.1, -0.05) is 17.4 Å². The molecule has 1 aromatic carbocycles. The first-order valence-electron chi connectivity index (χ1n) is 11.4. The SMILES string of the molecule is Cn1ncc(NC(=O)c2nc(-c3c(F)cccc3F)sc2N)c1N1CCCC2(CCC(=O)N2)CC1. The fourth-order valence-corrected chi connectivity index (χ4v) is 5.81. The van der Waals surface area contributed by atoms with E-state index in [1.807, 2.05) is 0 Å². The van der Waals surface area contributed by atoms with Gasteiger partial charge in [0.1, 0.15) is 27.3 Å². The Kier molecular flexibility index (Phi) is 5.91. The van der Waals surface area contributed by atoms with Crippen LogP contribution < -0.4 is 21.3 Å². The molecular formula is C23H25F2N7O2S. The molecule has 2 fully saturated rings. The van der Waals surface area contributed by atoms with Gasteiger partial charge in [-0.05, 0) is 37.8 Å². The van der Waals surface area contributed by atoms with Gasteiger partial charge in [0.05, 0.1) is 11.8 Å². The number of nitrogen functional groups attached to an aromatic ring is 1. The summed E-state index contributed by atoms with van der Waals surface area (Å²) in [6, 6.07) is 3.51. The van der Waals surface area contributed by atoms with Crippen molar-refractivity contribution in [1.29, 1.82) is 0 Å². The number of aryl methyl sites for hydroxylation is 1.